The van der Waals surface area contributed by atoms with E-state index < -0.39 is 11.7 Å². The van der Waals surface area contributed by atoms with Crippen molar-refractivity contribution >= 4 is 22.9 Å². The van der Waals surface area contributed by atoms with Crippen LogP contribution in [0.5, 0.6) is 0 Å². The molecule has 0 radical (unpaired) electrons. The highest BCUT2D eigenvalue weighted by Crippen LogP contribution is 2.16. The van der Waals surface area contributed by atoms with E-state index in [9.17, 15) is 4.79 Å². The fraction of sp³-hybridized carbons (Fsp3) is 0.429. The maximum absolute atomic E-state index is 11.7. The van der Waals surface area contributed by atoms with E-state index in [4.69, 9.17) is 21.7 Å². The molecule has 0 aromatic heterocycles. The van der Waals surface area contributed by atoms with Crippen molar-refractivity contribution < 1.29 is 9.53 Å². The van der Waals surface area contributed by atoms with Crippen LogP contribution in [0.1, 0.15) is 44.9 Å². The normalized spacial score (nSPS) is 12.7. The van der Waals surface area contributed by atoms with Crippen molar-refractivity contribution in [3.8, 4) is 0 Å². The minimum absolute atomic E-state index is 0.0219. The van der Waals surface area contributed by atoms with Crippen LogP contribution in [0.3, 0.4) is 0 Å². The molecule has 0 bridgehead atoms. The molecule has 2 N–H and O–H groups in total. The van der Waals surface area contributed by atoms with Gasteiger partial charge in [0.15, 0.2) is 0 Å². The van der Waals surface area contributed by atoms with E-state index >= 15 is 0 Å². The first-order valence-corrected chi connectivity index (χ1v) is 6.41. The Hall–Kier alpha value is -1.55. The minimum Gasteiger partial charge on any atom is -0.444 e. The Balaban J connectivity index is 2.73. The molecule has 104 valence electrons. The topological polar surface area (TPSA) is 62.2 Å². The second-order valence-electron chi connectivity index (χ2n) is 5.31. The van der Waals surface area contributed by atoms with Gasteiger partial charge in [-0.3, -0.25) is 5.41 Å². The van der Waals surface area contributed by atoms with Crippen molar-refractivity contribution in [3.05, 3.63) is 35.4 Å². The summed E-state index contributed by atoms with van der Waals surface area (Å²) in [6.45, 7) is 7.28. The highest BCUT2D eigenvalue weighted by Gasteiger charge is 2.18. The minimum atomic E-state index is -0.524. The quantitative estimate of drug-likeness (QED) is 0.828. The van der Waals surface area contributed by atoms with Crippen LogP contribution < -0.4 is 5.32 Å². The van der Waals surface area contributed by atoms with Crippen LogP contribution in [0.15, 0.2) is 24.3 Å². The van der Waals surface area contributed by atoms with E-state index in [1.165, 1.54) is 0 Å². The molecule has 0 heterocycles. The third kappa shape index (κ3) is 5.30. The Morgan fingerprint density at radius 1 is 1.42 bits per heavy atom. The molecule has 5 heteroatoms. The van der Waals surface area contributed by atoms with Gasteiger partial charge in [0.25, 0.3) is 0 Å². The summed E-state index contributed by atoms with van der Waals surface area (Å²) in [5.41, 5.74) is 0.968. The molecule has 19 heavy (non-hydrogen) atoms. The molecule has 1 atom stereocenters. The number of nitrogens with one attached hydrogen (secondary N) is 2. The molecule has 0 aliphatic heterocycles. The van der Waals surface area contributed by atoms with Gasteiger partial charge in [0.1, 0.15) is 10.8 Å². The molecule has 1 rings (SSSR count). The van der Waals surface area contributed by atoms with Gasteiger partial charge in [0, 0.05) is 5.56 Å². The molecular formula is C14H19ClN2O2. The summed E-state index contributed by atoms with van der Waals surface area (Å²) in [5, 5.41) is 10.1. The smallest absolute Gasteiger partial charge is 0.408 e. The van der Waals surface area contributed by atoms with Crippen LogP contribution in [0.25, 0.3) is 0 Å². The summed E-state index contributed by atoms with van der Waals surface area (Å²) in [6, 6.07) is 6.97. The molecule has 4 nitrogen and oxygen atoms in total. The number of carbonyl (C=O) groups is 1. The van der Waals surface area contributed by atoms with Crippen molar-refractivity contribution in [1.29, 1.82) is 5.41 Å². The summed E-state index contributed by atoms with van der Waals surface area (Å²) >= 11 is 5.64. The summed E-state index contributed by atoms with van der Waals surface area (Å²) in [7, 11) is 0. The second-order valence-corrected chi connectivity index (χ2v) is 5.69. The molecule has 1 aromatic carbocycles. The SMILES string of the molecule is CC(NC(=O)OC(C)(C)C)c1cccc(C(=N)Cl)c1. The van der Waals surface area contributed by atoms with Gasteiger partial charge in [-0.2, -0.15) is 0 Å². The van der Waals surface area contributed by atoms with Crippen molar-refractivity contribution in [1.82, 2.24) is 5.32 Å². The van der Waals surface area contributed by atoms with Gasteiger partial charge in [0.05, 0.1) is 6.04 Å². The Labute approximate surface area is 118 Å². The molecular weight excluding hydrogens is 264 g/mol. The lowest BCUT2D eigenvalue weighted by molar-refractivity contribution is 0.0508. The Morgan fingerprint density at radius 3 is 2.58 bits per heavy atom. The van der Waals surface area contributed by atoms with E-state index in [2.05, 4.69) is 5.32 Å². The molecule has 1 amide bonds. The number of amides is 1. The fourth-order valence-electron chi connectivity index (χ4n) is 1.51. The summed E-state index contributed by atoms with van der Waals surface area (Å²) < 4.78 is 5.19. The lowest BCUT2D eigenvalue weighted by atomic mass is 10.1. The van der Waals surface area contributed by atoms with E-state index in [1.54, 1.807) is 18.2 Å². The number of hydrogen-bond acceptors (Lipinski definition) is 3. The zero-order chi connectivity index (χ0) is 14.6. The van der Waals surface area contributed by atoms with Crippen molar-refractivity contribution in [2.45, 2.75) is 39.3 Å². The van der Waals surface area contributed by atoms with Gasteiger partial charge >= 0.3 is 6.09 Å². The Kier molecular flexibility index (Phi) is 4.95. The maximum Gasteiger partial charge on any atom is 0.408 e. The highest BCUT2D eigenvalue weighted by molar-refractivity contribution is 6.68. The molecule has 0 saturated carbocycles. The number of carbonyl (C=O) groups excluding carboxylic acids is 1. The van der Waals surface area contributed by atoms with E-state index in [1.807, 2.05) is 33.8 Å². The number of alkyl carbamates (subject to hydrolysis) is 1. The summed E-state index contributed by atoms with van der Waals surface area (Å²) in [4.78, 5) is 11.7. The summed E-state index contributed by atoms with van der Waals surface area (Å²) in [5.74, 6) is 0. The maximum atomic E-state index is 11.7. The molecule has 0 saturated heterocycles. The molecule has 0 aliphatic rings. The van der Waals surface area contributed by atoms with Crippen LogP contribution in [0.4, 0.5) is 4.79 Å². The van der Waals surface area contributed by atoms with Crippen molar-refractivity contribution in [2.24, 2.45) is 0 Å². The Bertz CT molecular complexity index is 481. The van der Waals surface area contributed by atoms with Gasteiger partial charge in [-0.25, -0.2) is 4.79 Å². The largest absolute Gasteiger partial charge is 0.444 e. The standard InChI is InChI=1S/C14H19ClN2O2/c1-9(17-13(18)19-14(2,3)4)10-6-5-7-11(8-10)12(15)16/h5-9,16H,1-4H3,(H,17,18). The highest BCUT2D eigenvalue weighted by atomic mass is 35.5. The van der Waals surface area contributed by atoms with E-state index in [0.717, 1.165) is 5.56 Å². The zero-order valence-electron chi connectivity index (χ0n) is 11.6. The van der Waals surface area contributed by atoms with Crippen LogP contribution in [-0.4, -0.2) is 16.9 Å². The van der Waals surface area contributed by atoms with Gasteiger partial charge in [-0.1, -0.05) is 29.8 Å². The Morgan fingerprint density at radius 2 is 2.05 bits per heavy atom. The molecule has 1 unspecified atom stereocenters. The lowest BCUT2D eigenvalue weighted by Gasteiger charge is -2.22. The van der Waals surface area contributed by atoms with E-state index in [0.29, 0.717) is 5.56 Å². The molecule has 1 aromatic rings. The first-order valence-electron chi connectivity index (χ1n) is 6.03. The fourth-order valence-corrected chi connectivity index (χ4v) is 1.63. The van der Waals surface area contributed by atoms with Crippen molar-refractivity contribution in [3.63, 3.8) is 0 Å². The third-order valence-electron chi connectivity index (χ3n) is 2.37. The number of rotatable bonds is 3. The average molecular weight is 283 g/mol. The van der Waals surface area contributed by atoms with Gasteiger partial charge in [-0.15, -0.1) is 0 Å². The monoisotopic (exact) mass is 282 g/mol. The summed E-state index contributed by atoms with van der Waals surface area (Å²) in [6.07, 6.45) is -0.466. The van der Waals surface area contributed by atoms with Gasteiger partial charge in [0.2, 0.25) is 0 Å². The number of hydrogen-bond donors (Lipinski definition) is 2. The average Bonchev–Trinajstić information content (AvgIpc) is 2.26. The molecule has 0 fully saturated rings. The third-order valence-corrected chi connectivity index (χ3v) is 2.59. The zero-order valence-corrected chi connectivity index (χ0v) is 12.3. The lowest BCUT2D eigenvalue weighted by Crippen LogP contribution is -2.34. The van der Waals surface area contributed by atoms with Crippen LogP contribution in [0.2, 0.25) is 0 Å². The van der Waals surface area contributed by atoms with E-state index in [-0.39, 0.29) is 11.2 Å². The number of ether oxygens (including phenoxy) is 1. The number of halogens is 1. The predicted octanol–water partition coefficient (Wildman–Crippen LogP) is 3.84. The first kappa shape index (κ1) is 15.5. The number of benzene rings is 1. The molecule has 0 spiro atoms. The van der Waals surface area contributed by atoms with Crippen LogP contribution in [-0.2, 0) is 4.74 Å². The van der Waals surface area contributed by atoms with Gasteiger partial charge in [-0.05, 0) is 39.3 Å². The van der Waals surface area contributed by atoms with Crippen molar-refractivity contribution in [2.75, 3.05) is 0 Å². The van der Waals surface area contributed by atoms with Crippen LogP contribution in [0, 0.1) is 5.41 Å². The first-order chi connectivity index (χ1) is 8.69. The second kappa shape index (κ2) is 6.06. The van der Waals surface area contributed by atoms with Gasteiger partial charge < -0.3 is 10.1 Å². The van der Waals surface area contributed by atoms with Crippen LogP contribution >= 0.6 is 11.6 Å². The predicted molar refractivity (Wildman–Crippen MR) is 76.9 cm³/mol. The molecule has 0 aliphatic carbocycles.